The maximum Gasteiger partial charge on any atom is 0.269 e. The third kappa shape index (κ3) is 2.46. The topological polar surface area (TPSA) is 80.4 Å². The molecule has 0 spiro atoms. The number of hydrogen-bond acceptors (Lipinski definition) is 4. The number of ketones is 1. The molecule has 2 rings (SSSR count). The fraction of sp³-hybridized carbons (Fsp3) is 0.308. The van der Waals surface area contributed by atoms with Crippen LogP contribution in [0.5, 0.6) is 0 Å². The van der Waals surface area contributed by atoms with Crippen molar-refractivity contribution in [1.82, 2.24) is 0 Å². The molecule has 0 aromatic heterocycles. The molecule has 0 unspecified atom stereocenters. The summed E-state index contributed by atoms with van der Waals surface area (Å²) in [6, 6.07) is 5.43. The molecular formula is C13H13NO4. The fourth-order valence-electron chi connectivity index (χ4n) is 2.01. The van der Waals surface area contributed by atoms with Gasteiger partial charge in [0.2, 0.25) is 0 Å². The highest BCUT2D eigenvalue weighted by atomic mass is 16.6. The second kappa shape index (κ2) is 5.10. The first-order valence-corrected chi connectivity index (χ1v) is 5.77. The smallest absolute Gasteiger partial charge is 0.269 e. The van der Waals surface area contributed by atoms with Crippen LogP contribution in [0.3, 0.4) is 0 Å². The van der Waals surface area contributed by atoms with Crippen LogP contribution >= 0.6 is 0 Å². The van der Waals surface area contributed by atoms with E-state index in [0.717, 1.165) is 12.8 Å². The molecule has 1 N–H and O–H groups in total. The van der Waals surface area contributed by atoms with E-state index in [9.17, 15) is 20.0 Å². The van der Waals surface area contributed by atoms with Crippen molar-refractivity contribution in [2.24, 2.45) is 0 Å². The third-order valence-corrected chi connectivity index (χ3v) is 3.01. The van der Waals surface area contributed by atoms with E-state index in [2.05, 4.69) is 0 Å². The molecule has 1 atom stereocenters. The number of nitrogens with zero attached hydrogens (tertiary/aromatic N) is 1. The van der Waals surface area contributed by atoms with Crippen LogP contribution in [0.2, 0.25) is 0 Å². The quantitative estimate of drug-likeness (QED) is 0.504. The summed E-state index contributed by atoms with van der Waals surface area (Å²) in [7, 11) is 0. The van der Waals surface area contributed by atoms with Gasteiger partial charge in [0, 0.05) is 23.3 Å². The van der Waals surface area contributed by atoms with Gasteiger partial charge in [-0.2, -0.15) is 0 Å². The van der Waals surface area contributed by atoms with Gasteiger partial charge in [0.1, 0.15) is 0 Å². The van der Waals surface area contributed by atoms with Crippen molar-refractivity contribution >= 4 is 11.5 Å². The van der Waals surface area contributed by atoms with E-state index in [0.29, 0.717) is 17.6 Å². The van der Waals surface area contributed by atoms with Crippen LogP contribution < -0.4 is 0 Å². The third-order valence-electron chi connectivity index (χ3n) is 3.01. The number of non-ortho nitro benzene ring substituents is 1. The molecule has 1 aromatic rings. The number of carbonyl (C=O) groups excluding carboxylic acids is 1. The highest BCUT2D eigenvalue weighted by Gasteiger charge is 2.22. The minimum Gasteiger partial charge on any atom is -0.388 e. The van der Waals surface area contributed by atoms with Gasteiger partial charge in [-0.15, -0.1) is 0 Å². The van der Waals surface area contributed by atoms with Gasteiger partial charge in [0.05, 0.1) is 11.0 Å². The first kappa shape index (κ1) is 12.4. The highest BCUT2D eigenvalue weighted by Crippen LogP contribution is 2.23. The largest absolute Gasteiger partial charge is 0.388 e. The lowest BCUT2D eigenvalue weighted by atomic mass is 9.90. The number of Topliss-reactive ketones (excluding diaryl/α,β-unsaturated/α-hetero) is 1. The van der Waals surface area contributed by atoms with E-state index in [1.807, 2.05) is 0 Å². The number of aliphatic hydroxyl groups is 1. The van der Waals surface area contributed by atoms with Crippen LogP contribution in [0.15, 0.2) is 35.9 Å². The minimum absolute atomic E-state index is 0.0512. The summed E-state index contributed by atoms with van der Waals surface area (Å²) < 4.78 is 0. The maximum absolute atomic E-state index is 12.1. The first-order valence-electron chi connectivity index (χ1n) is 5.77. The number of nitro benzene ring substituents is 1. The highest BCUT2D eigenvalue weighted by molar-refractivity contribution is 6.09. The predicted molar refractivity (Wildman–Crippen MR) is 65.4 cm³/mol. The summed E-state index contributed by atoms with van der Waals surface area (Å²) in [5, 5.41) is 20.3. The average Bonchev–Trinajstić information content (AvgIpc) is 2.38. The summed E-state index contributed by atoms with van der Waals surface area (Å²) >= 11 is 0. The normalized spacial score (nSPS) is 19.2. The lowest BCUT2D eigenvalue weighted by Gasteiger charge is -2.18. The van der Waals surface area contributed by atoms with E-state index in [1.165, 1.54) is 24.3 Å². The molecule has 0 fully saturated rings. The Labute approximate surface area is 104 Å². The van der Waals surface area contributed by atoms with E-state index in [1.54, 1.807) is 6.08 Å². The second-order valence-corrected chi connectivity index (χ2v) is 4.24. The number of carbonyl (C=O) groups is 1. The van der Waals surface area contributed by atoms with Crippen LogP contribution in [-0.4, -0.2) is 21.9 Å². The Morgan fingerprint density at radius 1 is 1.33 bits per heavy atom. The van der Waals surface area contributed by atoms with Crippen LogP contribution in [0.1, 0.15) is 29.6 Å². The van der Waals surface area contributed by atoms with Crippen LogP contribution in [0, 0.1) is 10.1 Å². The summed E-state index contributed by atoms with van der Waals surface area (Å²) in [4.78, 5) is 22.1. The Morgan fingerprint density at radius 3 is 2.56 bits per heavy atom. The summed E-state index contributed by atoms with van der Waals surface area (Å²) in [5.41, 5.74) is 0.715. The molecule has 0 bridgehead atoms. The second-order valence-electron chi connectivity index (χ2n) is 4.24. The molecule has 0 saturated heterocycles. The molecule has 0 heterocycles. The Bertz CT molecular complexity index is 504. The summed E-state index contributed by atoms with van der Waals surface area (Å²) in [6.07, 6.45) is 3.27. The van der Waals surface area contributed by atoms with Gasteiger partial charge in [-0.05, 0) is 31.4 Å². The van der Waals surface area contributed by atoms with E-state index >= 15 is 0 Å². The van der Waals surface area contributed by atoms with Crippen molar-refractivity contribution < 1.29 is 14.8 Å². The first-order chi connectivity index (χ1) is 8.59. The number of hydrogen-bond donors (Lipinski definition) is 1. The molecule has 18 heavy (non-hydrogen) atoms. The van der Waals surface area contributed by atoms with Crippen LogP contribution in [-0.2, 0) is 0 Å². The van der Waals surface area contributed by atoms with E-state index in [4.69, 9.17) is 0 Å². The van der Waals surface area contributed by atoms with Gasteiger partial charge in [-0.1, -0.05) is 6.08 Å². The number of rotatable bonds is 3. The molecule has 0 amide bonds. The van der Waals surface area contributed by atoms with Crippen LogP contribution in [0.4, 0.5) is 5.69 Å². The molecular weight excluding hydrogens is 234 g/mol. The Hall–Kier alpha value is -2.01. The zero-order chi connectivity index (χ0) is 13.1. The van der Waals surface area contributed by atoms with Gasteiger partial charge in [0.25, 0.3) is 5.69 Å². The molecule has 5 heteroatoms. The Balaban J connectivity index is 2.23. The number of benzene rings is 1. The molecule has 5 nitrogen and oxygen atoms in total. The number of aliphatic hydroxyl groups excluding tert-OH is 1. The number of allylic oxidation sites excluding steroid dienone is 1. The van der Waals surface area contributed by atoms with Crippen molar-refractivity contribution in [1.29, 1.82) is 0 Å². The lowest BCUT2D eigenvalue weighted by molar-refractivity contribution is -0.384. The Kier molecular flexibility index (Phi) is 3.53. The predicted octanol–water partition coefficient (Wildman–Crippen LogP) is 2.25. The average molecular weight is 247 g/mol. The maximum atomic E-state index is 12.1. The number of nitro groups is 1. The van der Waals surface area contributed by atoms with Crippen molar-refractivity contribution in [3.05, 3.63) is 51.6 Å². The van der Waals surface area contributed by atoms with Crippen molar-refractivity contribution in [3.63, 3.8) is 0 Å². The molecule has 0 radical (unpaired) electrons. The van der Waals surface area contributed by atoms with Gasteiger partial charge < -0.3 is 5.11 Å². The summed E-state index contributed by atoms with van der Waals surface area (Å²) in [5.74, 6) is -0.253. The molecule has 94 valence electrons. The molecule has 0 saturated carbocycles. The van der Waals surface area contributed by atoms with Gasteiger partial charge >= 0.3 is 0 Å². The van der Waals surface area contributed by atoms with E-state index < -0.39 is 11.0 Å². The van der Waals surface area contributed by atoms with Gasteiger partial charge in [-0.25, -0.2) is 0 Å². The molecule has 1 aliphatic rings. The zero-order valence-electron chi connectivity index (χ0n) is 9.70. The minimum atomic E-state index is -0.721. The monoisotopic (exact) mass is 247 g/mol. The molecule has 1 aromatic carbocycles. The fourth-order valence-corrected chi connectivity index (χ4v) is 2.01. The summed E-state index contributed by atoms with van der Waals surface area (Å²) in [6.45, 7) is 0. The molecule has 1 aliphatic carbocycles. The molecule has 0 aliphatic heterocycles. The van der Waals surface area contributed by atoms with Crippen LogP contribution in [0.25, 0.3) is 0 Å². The zero-order valence-corrected chi connectivity index (χ0v) is 9.70. The van der Waals surface area contributed by atoms with Gasteiger partial charge in [-0.3, -0.25) is 14.9 Å². The SMILES string of the molecule is O=C(C1=CCCC[C@@H]1O)c1ccc([N+](=O)[O-])cc1. The van der Waals surface area contributed by atoms with Crippen molar-refractivity contribution in [2.45, 2.75) is 25.4 Å². The van der Waals surface area contributed by atoms with Gasteiger partial charge in [0.15, 0.2) is 5.78 Å². The van der Waals surface area contributed by atoms with Crippen molar-refractivity contribution in [2.75, 3.05) is 0 Å². The van der Waals surface area contributed by atoms with E-state index in [-0.39, 0.29) is 11.5 Å². The Morgan fingerprint density at radius 2 is 2.00 bits per heavy atom. The lowest BCUT2D eigenvalue weighted by Crippen LogP contribution is -2.20. The standard InChI is InChI=1S/C13H13NO4/c15-12-4-2-1-3-11(12)13(16)9-5-7-10(8-6-9)14(17)18/h3,5-8,12,15H,1-2,4H2/t12-/m0/s1. The van der Waals surface area contributed by atoms with Crippen molar-refractivity contribution in [3.8, 4) is 0 Å².